The van der Waals surface area contributed by atoms with E-state index in [0.29, 0.717) is 24.2 Å². The number of sulfonamides is 1. The molecule has 1 saturated carbocycles. The van der Waals surface area contributed by atoms with Crippen LogP contribution in [0.4, 0.5) is 11.4 Å². The van der Waals surface area contributed by atoms with Gasteiger partial charge in [0.2, 0.25) is 15.9 Å². The van der Waals surface area contributed by atoms with Crippen LogP contribution in [0.1, 0.15) is 31.2 Å². The van der Waals surface area contributed by atoms with Gasteiger partial charge in [0.05, 0.1) is 17.5 Å². The molecule has 0 bridgehead atoms. The van der Waals surface area contributed by atoms with E-state index in [1.807, 2.05) is 0 Å². The van der Waals surface area contributed by atoms with Gasteiger partial charge in [0.1, 0.15) is 0 Å². The maximum atomic E-state index is 12.2. The monoisotopic (exact) mass is 311 g/mol. The smallest absolute Gasteiger partial charge is 0.244 e. The van der Waals surface area contributed by atoms with Crippen LogP contribution >= 0.6 is 0 Å². The van der Waals surface area contributed by atoms with Gasteiger partial charge in [-0.25, -0.2) is 8.42 Å². The number of nitrogens with one attached hydrogen (secondary N) is 2. The molecule has 0 aliphatic heterocycles. The predicted octanol–water partition coefficient (Wildman–Crippen LogP) is 1.58. The lowest BCUT2D eigenvalue weighted by Crippen LogP contribution is -2.48. The van der Waals surface area contributed by atoms with E-state index in [2.05, 4.69) is 10.0 Å². The molecule has 2 rings (SSSR count). The highest BCUT2D eigenvalue weighted by molar-refractivity contribution is 7.92. The Hall–Kier alpha value is -1.60. The maximum Gasteiger partial charge on any atom is 0.244 e. The van der Waals surface area contributed by atoms with Crippen molar-refractivity contribution < 1.29 is 13.2 Å². The van der Waals surface area contributed by atoms with Crippen LogP contribution in [-0.4, -0.2) is 26.1 Å². The molecule has 0 atom stereocenters. The van der Waals surface area contributed by atoms with Crippen LogP contribution < -0.4 is 15.8 Å². The van der Waals surface area contributed by atoms with Gasteiger partial charge in [-0.1, -0.05) is 12.8 Å². The molecule has 4 N–H and O–H groups in total. The molecule has 1 amide bonds. The maximum absolute atomic E-state index is 12.2. The summed E-state index contributed by atoms with van der Waals surface area (Å²) < 4.78 is 24.9. The average Bonchev–Trinajstić information content (AvgIpc) is 2.80. The van der Waals surface area contributed by atoms with Gasteiger partial charge in [-0.05, 0) is 43.5 Å². The van der Waals surface area contributed by atoms with Crippen molar-refractivity contribution in [3.05, 3.63) is 23.8 Å². The minimum Gasteiger partial charge on any atom is -0.324 e. The van der Waals surface area contributed by atoms with Gasteiger partial charge in [0.25, 0.3) is 0 Å². The highest BCUT2D eigenvalue weighted by Gasteiger charge is 2.36. The molecule has 1 aromatic rings. The Morgan fingerprint density at radius 2 is 1.90 bits per heavy atom. The Bertz CT molecular complexity index is 649. The average molecular weight is 311 g/mol. The van der Waals surface area contributed by atoms with Crippen molar-refractivity contribution in [3.8, 4) is 0 Å². The second-order valence-electron chi connectivity index (χ2n) is 5.72. The normalized spacial score (nSPS) is 17.5. The summed E-state index contributed by atoms with van der Waals surface area (Å²) in [5, 5.41) is 2.81. The summed E-state index contributed by atoms with van der Waals surface area (Å²) >= 11 is 0. The second-order valence-corrected chi connectivity index (χ2v) is 7.47. The quantitative estimate of drug-likeness (QED) is 0.785. The molecule has 21 heavy (non-hydrogen) atoms. The lowest BCUT2D eigenvalue weighted by Gasteiger charge is -2.22. The van der Waals surface area contributed by atoms with Gasteiger partial charge in [0, 0.05) is 5.69 Å². The van der Waals surface area contributed by atoms with Crippen LogP contribution in [0.25, 0.3) is 0 Å². The fourth-order valence-electron chi connectivity index (χ4n) is 2.54. The number of benzene rings is 1. The van der Waals surface area contributed by atoms with Crippen LogP contribution in [-0.2, 0) is 14.8 Å². The number of carbonyl (C=O) groups is 1. The number of hydrogen-bond donors (Lipinski definition) is 3. The van der Waals surface area contributed by atoms with Gasteiger partial charge in [0.15, 0.2) is 0 Å². The molecule has 1 fully saturated rings. The number of amides is 1. The van der Waals surface area contributed by atoms with Gasteiger partial charge in [-0.3, -0.25) is 9.52 Å². The molecular formula is C14H21N3O3S. The van der Waals surface area contributed by atoms with Crippen molar-refractivity contribution in [2.75, 3.05) is 16.3 Å². The number of anilines is 2. The first-order valence-electron chi connectivity index (χ1n) is 6.88. The van der Waals surface area contributed by atoms with Crippen LogP contribution in [0.5, 0.6) is 0 Å². The van der Waals surface area contributed by atoms with E-state index in [1.54, 1.807) is 25.1 Å². The fourth-order valence-corrected chi connectivity index (χ4v) is 3.17. The zero-order valence-electron chi connectivity index (χ0n) is 12.3. The summed E-state index contributed by atoms with van der Waals surface area (Å²) in [5.74, 6) is -0.178. The number of rotatable bonds is 4. The fraction of sp³-hybridized carbons (Fsp3) is 0.500. The molecule has 1 aromatic carbocycles. The van der Waals surface area contributed by atoms with Crippen molar-refractivity contribution in [2.45, 2.75) is 38.1 Å². The van der Waals surface area contributed by atoms with E-state index in [-0.39, 0.29) is 5.91 Å². The van der Waals surface area contributed by atoms with Crippen molar-refractivity contribution in [1.82, 2.24) is 0 Å². The van der Waals surface area contributed by atoms with Crippen molar-refractivity contribution in [3.63, 3.8) is 0 Å². The Morgan fingerprint density at radius 3 is 2.43 bits per heavy atom. The van der Waals surface area contributed by atoms with E-state index < -0.39 is 15.6 Å². The van der Waals surface area contributed by atoms with Gasteiger partial charge >= 0.3 is 0 Å². The number of aryl methyl sites for hydroxylation is 1. The van der Waals surface area contributed by atoms with Crippen molar-refractivity contribution in [2.24, 2.45) is 5.73 Å². The van der Waals surface area contributed by atoms with E-state index >= 15 is 0 Å². The Kier molecular flexibility index (Phi) is 4.25. The minimum absolute atomic E-state index is 0.178. The molecule has 0 aromatic heterocycles. The molecular weight excluding hydrogens is 290 g/mol. The van der Waals surface area contributed by atoms with Crippen molar-refractivity contribution in [1.29, 1.82) is 0 Å². The molecule has 0 heterocycles. The molecule has 0 radical (unpaired) electrons. The third-order valence-electron chi connectivity index (χ3n) is 3.73. The van der Waals surface area contributed by atoms with Gasteiger partial charge in [-0.15, -0.1) is 0 Å². The lowest BCUT2D eigenvalue weighted by atomic mass is 9.98. The summed E-state index contributed by atoms with van der Waals surface area (Å²) in [6.07, 6.45) is 4.44. The zero-order chi connectivity index (χ0) is 15.7. The van der Waals surface area contributed by atoms with Crippen molar-refractivity contribution >= 4 is 27.3 Å². The minimum atomic E-state index is -3.32. The third-order valence-corrected chi connectivity index (χ3v) is 4.32. The molecule has 7 heteroatoms. The van der Waals surface area contributed by atoms with Crippen LogP contribution in [0, 0.1) is 6.92 Å². The Balaban J connectivity index is 2.12. The molecule has 6 nitrogen and oxygen atoms in total. The largest absolute Gasteiger partial charge is 0.324 e. The lowest BCUT2D eigenvalue weighted by molar-refractivity contribution is -0.121. The predicted molar refractivity (Wildman–Crippen MR) is 83.7 cm³/mol. The molecule has 0 spiro atoms. The Labute approximate surface area is 125 Å². The van der Waals surface area contributed by atoms with Crippen LogP contribution in [0.15, 0.2) is 18.2 Å². The molecule has 0 unspecified atom stereocenters. The SMILES string of the molecule is Cc1cc(NC(=O)C2(N)CCCC2)ccc1NS(C)(=O)=O. The molecule has 1 aliphatic rings. The third kappa shape index (κ3) is 3.95. The summed E-state index contributed by atoms with van der Waals surface area (Å²) in [6.45, 7) is 1.77. The van der Waals surface area contributed by atoms with E-state index in [1.165, 1.54) is 0 Å². The molecule has 1 aliphatic carbocycles. The summed E-state index contributed by atoms with van der Waals surface area (Å²) in [5.41, 5.74) is 7.17. The first-order chi connectivity index (χ1) is 9.70. The zero-order valence-corrected chi connectivity index (χ0v) is 13.1. The first kappa shape index (κ1) is 15.8. The van der Waals surface area contributed by atoms with E-state index in [9.17, 15) is 13.2 Å². The molecule has 116 valence electrons. The van der Waals surface area contributed by atoms with Crippen LogP contribution in [0.2, 0.25) is 0 Å². The van der Waals surface area contributed by atoms with Crippen LogP contribution in [0.3, 0.4) is 0 Å². The molecule has 0 saturated heterocycles. The van der Waals surface area contributed by atoms with Gasteiger partial charge in [-0.2, -0.15) is 0 Å². The topological polar surface area (TPSA) is 101 Å². The van der Waals surface area contributed by atoms with E-state index in [4.69, 9.17) is 5.73 Å². The summed E-state index contributed by atoms with van der Waals surface area (Å²) in [6, 6.07) is 5.02. The second kappa shape index (κ2) is 5.65. The number of carbonyl (C=O) groups excluding carboxylic acids is 1. The summed E-state index contributed by atoms with van der Waals surface area (Å²) in [4.78, 5) is 12.2. The number of hydrogen-bond acceptors (Lipinski definition) is 4. The summed E-state index contributed by atoms with van der Waals surface area (Å²) in [7, 11) is -3.32. The highest BCUT2D eigenvalue weighted by atomic mass is 32.2. The Morgan fingerprint density at radius 1 is 1.29 bits per heavy atom. The van der Waals surface area contributed by atoms with Gasteiger partial charge < -0.3 is 11.1 Å². The number of nitrogens with two attached hydrogens (primary N) is 1. The van der Waals surface area contributed by atoms with E-state index in [0.717, 1.165) is 24.7 Å². The highest BCUT2D eigenvalue weighted by Crippen LogP contribution is 2.29. The first-order valence-corrected chi connectivity index (χ1v) is 8.78. The standard InChI is InChI=1S/C14H21N3O3S/c1-10-9-11(5-6-12(10)17-21(2,19)20)16-13(18)14(15)7-3-4-8-14/h5-6,9,17H,3-4,7-8,15H2,1-2H3,(H,16,18).